The van der Waals surface area contributed by atoms with Crippen LogP contribution >= 0.6 is 22.9 Å². The molecule has 0 unspecified atom stereocenters. The highest BCUT2D eigenvalue weighted by molar-refractivity contribution is 7.92. The van der Waals surface area contributed by atoms with Gasteiger partial charge in [0.15, 0.2) is 5.82 Å². The Morgan fingerprint density at radius 3 is 2.61 bits per heavy atom. The van der Waals surface area contributed by atoms with E-state index in [1.807, 2.05) is 6.07 Å². The molecule has 4 rings (SSSR count). The lowest BCUT2D eigenvalue weighted by Crippen LogP contribution is -2.39. The van der Waals surface area contributed by atoms with Crippen molar-refractivity contribution in [3.05, 3.63) is 70.0 Å². The summed E-state index contributed by atoms with van der Waals surface area (Å²) < 4.78 is 33.5. The number of piperidine rings is 1. The first-order chi connectivity index (χ1) is 15.0. The van der Waals surface area contributed by atoms with Crippen LogP contribution in [-0.2, 0) is 16.4 Å². The quantitative estimate of drug-likeness (QED) is 0.510. The number of hydrogen-bond acceptors (Lipinski definition) is 6. The highest BCUT2D eigenvalue weighted by atomic mass is 35.5. The Balaban J connectivity index is 1.30. The van der Waals surface area contributed by atoms with Crippen LogP contribution in [0.15, 0.2) is 64.3 Å². The highest BCUT2D eigenvalue weighted by Gasteiger charge is 2.22. The minimum Gasteiger partial charge on any atom is -0.489 e. The molecule has 1 N–H and O–H groups in total. The molecule has 1 aliphatic heterocycles. The molecular formula is C22H24ClN3O3S2. The number of anilines is 1. The van der Waals surface area contributed by atoms with Gasteiger partial charge in [0.05, 0.1) is 15.4 Å². The number of rotatable bonds is 8. The summed E-state index contributed by atoms with van der Waals surface area (Å²) in [5.41, 5.74) is 2.92. The molecule has 164 valence electrons. The normalized spacial score (nSPS) is 15.6. The van der Waals surface area contributed by atoms with Crippen molar-refractivity contribution < 1.29 is 13.2 Å². The van der Waals surface area contributed by atoms with Gasteiger partial charge in [0, 0.05) is 25.0 Å². The standard InChI is InChI=1S/C22H24ClN3O3S2/c23-20-14-19(31(27,28)25-22-15-30-16-24-22)6-7-21(20)29-18-9-12-26(13-10-18)11-8-17-4-2-1-3-5-17/h1-7,14-16,18,25H,8-13H2. The van der Waals surface area contributed by atoms with Crippen molar-refractivity contribution in [3.63, 3.8) is 0 Å². The third-order valence-electron chi connectivity index (χ3n) is 5.27. The number of thiazole rings is 1. The number of hydrogen-bond donors (Lipinski definition) is 1. The van der Waals surface area contributed by atoms with E-state index in [-0.39, 0.29) is 16.0 Å². The van der Waals surface area contributed by atoms with E-state index in [0.29, 0.717) is 11.6 Å². The van der Waals surface area contributed by atoms with Gasteiger partial charge >= 0.3 is 0 Å². The van der Waals surface area contributed by atoms with Crippen LogP contribution in [-0.4, -0.2) is 44.0 Å². The number of nitrogens with zero attached hydrogens (tertiary/aromatic N) is 2. The zero-order valence-electron chi connectivity index (χ0n) is 16.9. The first kappa shape index (κ1) is 22.1. The molecule has 1 saturated heterocycles. The van der Waals surface area contributed by atoms with E-state index in [1.54, 1.807) is 17.0 Å². The molecule has 3 aromatic rings. The molecule has 0 spiro atoms. The molecular weight excluding hydrogens is 454 g/mol. The fourth-order valence-corrected chi connectivity index (χ4v) is 5.44. The molecule has 31 heavy (non-hydrogen) atoms. The van der Waals surface area contributed by atoms with Crippen molar-refractivity contribution in [3.8, 4) is 5.75 Å². The highest BCUT2D eigenvalue weighted by Crippen LogP contribution is 2.30. The second kappa shape index (κ2) is 9.99. The smallest absolute Gasteiger partial charge is 0.263 e. The number of sulfonamides is 1. The zero-order chi connectivity index (χ0) is 21.7. The molecule has 6 nitrogen and oxygen atoms in total. The molecule has 2 aromatic carbocycles. The van der Waals surface area contributed by atoms with Crippen LogP contribution < -0.4 is 9.46 Å². The van der Waals surface area contributed by atoms with Crippen LogP contribution in [0.4, 0.5) is 5.82 Å². The Labute approximate surface area is 191 Å². The summed E-state index contributed by atoms with van der Waals surface area (Å²) in [6.07, 6.45) is 2.94. The Morgan fingerprint density at radius 1 is 1.16 bits per heavy atom. The second-order valence-corrected chi connectivity index (χ2v) is 10.3. The molecule has 0 radical (unpaired) electrons. The maximum Gasteiger partial charge on any atom is 0.263 e. The Kier molecular flexibility index (Phi) is 7.12. The monoisotopic (exact) mass is 477 g/mol. The van der Waals surface area contributed by atoms with Gasteiger partial charge in [-0.3, -0.25) is 4.72 Å². The average molecular weight is 478 g/mol. The van der Waals surface area contributed by atoms with E-state index in [0.717, 1.165) is 38.9 Å². The first-order valence-corrected chi connectivity index (χ1v) is 12.9. The molecule has 0 saturated carbocycles. The minimum absolute atomic E-state index is 0.0704. The maximum absolute atomic E-state index is 12.5. The van der Waals surface area contributed by atoms with E-state index < -0.39 is 10.0 Å². The molecule has 0 amide bonds. The van der Waals surface area contributed by atoms with Gasteiger partial charge < -0.3 is 9.64 Å². The topological polar surface area (TPSA) is 71.5 Å². The van der Waals surface area contributed by atoms with E-state index in [4.69, 9.17) is 16.3 Å². The zero-order valence-corrected chi connectivity index (χ0v) is 19.3. The van der Waals surface area contributed by atoms with Gasteiger partial charge in [0.2, 0.25) is 0 Å². The fourth-order valence-electron chi connectivity index (χ4n) is 3.57. The largest absolute Gasteiger partial charge is 0.489 e. The first-order valence-electron chi connectivity index (χ1n) is 10.1. The fraction of sp³-hybridized carbons (Fsp3) is 0.318. The molecule has 0 atom stereocenters. The van der Waals surface area contributed by atoms with Crippen LogP contribution in [0.1, 0.15) is 18.4 Å². The molecule has 9 heteroatoms. The number of aromatic nitrogens is 1. The average Bonchev–Trinajstić information content (AvgIpc) is 3.27. The molecule has 1 aliphatic rings. The number of nitrogens with one attached hydrogen (secondary N) is 1. The van der Waals surface area contributed by atoms with Crippen molar-refractivity contribution in [2.45, 2.75) is 30.3 Å². The maximum atomic E-state index is 12.5. The predicted molar refractivity (Wildman–Crippen MR) is 125 cm³/mol. The second-order valence-electron chi connectivity index (χ2n) is 7.47. The summed E-state index contributed by atoms with van der Waals surface area (Å²) in [6.45, 7) is 2.98. The Bertz CT molecular complexity index is 1080. The summed E-state index contributed by atoms with van der Waals surface area (Å²) >= 11 is 7.66. The number of benzene rings is 2. The molecule has 0 aliphatic carbocycles. The van der Waals surface area contributed by atoms with Crippen LogP contribution in [0, 0.1) is 0 Å². The number of ether oxygens (including phenoxy) is 1. The Morgan fingerprint density at radius 2 is 1.94 bits per heavy atom. The summed E-state index contributed by atoms with van der Waals surface area (Å²) in [7, 11) is -3.74. The number of likely N-dealkylation sites (tertiary alicyclic amines) is 1. The van der Waals surface area contributed by atoms with Crippen molar-refractivity contribution in [1.29, 1.82) is 0 Å². The van der Waals surface area contributed by atoms with Crippen molar-refractivity contribution in [1.82, 2.24) is 9.88 Å². The lowest BCUT2D eigenvalue weighted by atomic mass is 10.1. The lowest BCUT2D eigenvalue weighted by molar-refractivity contribution is 0.101. The molecule has 1 fully saturated rings. The van der Waals surface area contributed by atoms with Gasteiger partial charge in [-0.25, -0.2) is 13.4 Å². The van der Waals surface area contributed by atoms with Gasteiger partial charge in [-0.15, -0.1) is 11.3 Å². The predicted octanol–water partition coefficient (Wildman–Crippen LogP) is 4.68. The summed E-state index contributed by atoms with van der Waals surface area (Å²) in [4.78, 5) is 6.48. The van der Waals surface area contributed by atoms with E-state index in [1.165, 1.54) is 29.0 Å². The SMILES string of the molecule is O=S(=O)(Nc1cscn1)c1ccc(OC2CCN(CCc3ccccc3)CC2)c(Cl)c1. The van der Waals surface area contributed by atoms with Gasteiger partial charge in [0.1, 0.15) is 11.9 Å². The molecule has 0 bridgehead atoms. The van der Waals surface area contributed by atoms with Gasteiger partial charge in [-0.1, -0.05) is 41.9 Å². The lowest BCUT2D eigenvalue weighted by Gasteiger charge is -2.32. The van der Waals surface area contributed by atoms with Crippen LogP contribution in [0.2, 0.25) is 5.02 Å². The van der Waals surface area contributed by atoms with Crippen molar-refractivity contribution >= 4 is 38.8 Å². The van der Waals surface area contributed by atoms with Gasteiger partial charge in [0.25, 0.3) is 10.0 Å². The van der Waals surface area contributed by atoms with Crippen molar-refractivity contribution in [2.24, 2.45) is 0 Å². The summed E-state index contributed by atoms with van der Waals surface area (Å²) in [5, 5.41) is 1.91. The van der Waals surface area contributed by atoms with Crippen LogP contribution in [0.25, 0.3) is 0 Å². The van der Waals surface area contributed by atoms with Crippen molar-refractivity contribution in [2.75, 3.05) is 24.4 Å². The third kappa shape index (κ3) is 5.98. The molecule has 2 heterocycles. The molecule has 1 aromatic heterocycles. The minimum atomic E-state index is -3.74. The van der Waals surface area contributed by atoms with E-state index >= 15 is 0 Å². The number of halogens is 1. The summed E-state index contributed by atoms with van der Waals surface area (Å²) in [5.74, 6) is 0.803. The Hall–Kier alpha value is -2.13. The van der Waals surface area contributed by atoms with E-state index in [9.17, 15) is 8.42 Å². The third-order valence-corrected chi connectivity index (χ3v) is 7.51. The van der Waals surface area contributed by atoms with Crippen LogP contribution in [0.3, 0.4) is 0 Å². The van der Waals surface area contributed by atoms with Crippen LogP contribution in [0.5, 0.6) is 5.75 Å². The van der Waals surface area contributed by atoms with Gasteiger partial charge in [-0.2, -0.15) is 0 Å². The summed E-state index contributed by atoms with van der Waals surface area (Å²) in [6, 6.07) is 15.1. The van der Waals surface area contributed by atoms with E-state index in [2.05, 4.69) is 38.9 Å². The van der Waals surface area contributed by atoms with Gasteiger partial charge in [-0.05, 0) is 43.0 Å².